The van der Waals surface area contributed by atoms with Crippen molar-refractivity contribution in [3.05, 3.63) is 48.0 Å². The number of carbonyl (C=O) groups is 1. The summed E-state index contributed by atoms with van der Waals surface area (Å²) in [6, 6.07) is 15.3. The van der Waals surface area contributed by atoms with Gasteiger partial charge in [-0.15, -0.1) is 0 Å². The van der Waals surface area contributed by atoms with E-state index in [2.05, 4.69) is 47.8 Å². The first-order valence-electron chi connectivity index (χ1n) is 7.67. The third-order valence-corrected chi connectivity index (χ3v) is 4.54. The molecule has 2 aromatic carbocycles. The molecule has 2 aromatic rings. The molecule has 110 valence electrons. The van der Waals surface area contributed by atoms with Crippen LogP contribution in [0.3, 0.4) is 0 Å². The highest BCUT2D eigenvalue weighted by Crippen LogP contribution is 2.25. The van der Waals surface area contributed by atoms with Gasteiger partial charge in [-0.25, -0.2) is 0 Å². The van der Waals surface area contributed by atoms with E-state index in [1.807, 2.05) is 0 Å². The topological polar surface area (TPSA) is 49.3 Å². The highest BCUT2D eigenvalue weighted by Gasteiger charge is 2.25. The second-order valence-electron chi connectivity index (χ2n) is 5.91. The first-order valence-corrected chi connectivity index (χ1v) is 7.67. The number of rotatable bonds is 4. The van der Waals surface area contributed by atoms with Gasteiger partial charge < -0.3 is 10.4 Å². The lowest BCUT2D eigenvalue weighted by Gasteiger charge is -2.27. The van der Waals surface area contributed by atoms with Crippen LogP contribution >= 0.6 is 0 Å². The number of fused-ring (bicyclic) bond motifs is 1. The number of carboxylic acids is 1. The molecule has 1 aliphatic carbocycles. The van der Waals surface area contributed by atoms with E-state index in [0.717, 1.165) is 32.2 Å². The second-order valence-corrected chi connectivity index (χ2v) is 5.91. The van der Waals surface area contributed by atoms with E-state index < -0.39 is 5.97 Å². The third kappa shape index (κ3) is 3.24. The summed E-state index contributed by atoms with van der Waals surface area (Å²) in [7, 11) is 0. The molecule has 0 heterocycles. The zero-order chi connectivity index (χ0) is 14.7. The largest absolute Gasteiger partial charge is 0.481 e. The molecule has 1 fully saturated rings. The summed E-state index contributed by atoms with van der Waals surface area (Å²) in [6.45, 7) is 0.851. The average Bonchev–Trinajstić information content (AvgIpc) is 2.53. The Balaban J connectivity index is 1.61. The van der Waals surface area contributed by atoms with Crippen molar-refractivity contribution in [3.63, 3.8) is 0 Å². The van der Waals surface area contributed by atoms with Crippen LogP contribution in [0.4, 0.5) is 0 Å². The summed E-state index contributed by atoms with van der Waals surface area (Å²) >= 11 is 0. The monoisotopic (exact) mass is 283 g/mol. The van der Waals surface area contributed by atoms with Crippen molar-refractivity contribution in [1.29, 1.82) is 0 Å². The summed E-state index contributed by atoms with van der Waals surface area (Å²) in [5.74, 6) is -0.775. The van der Waals surface area contributed by atoms with Crippen molar-refractivity contribution >= 4 is 16.7 Å². The van der Waals surface area contributed by atoms with E-state index in [9.17, 15) is 4.79 Å². The average molecular weight is 283 g/mol. The summed E-state index contributed by atoms with van der Waals surface area (Å²) in [5, 5.41) is 15.2. The normalized spacial score (nSPS) is 22.3. The third-order valence-electron chi connectivity index (χ3n) is 4.54. The lowest BCUT2D eigenvalue weighted by atomic mass is 9.86. The molecule has 0 spiro atoms. The van der Waals surface area contributed by atoms with Crippen molar-refractivity contribution in [1.82, 2.24) is 5.32 Å². The zero-order valence-corrected chi connectivity index (χ0v) is 12.1. The predicted octanol–water partition coefficient (Wildman–Crippen LogP) is 3.57. The molecule has 21 heavy (non-hydrogen) atoms. The Hall–Kier alpha value is -1.87. The molecule has 1 aliphatic rings. The summed E-state index contributed by atoms with van der Waals surface area (Å²) in [4.78, 5) is 11.0. The van der Waals surface area contributed by atoms with Crippen molar-refractivity contribution in [2.24, 2.45) is 5.92 Å². The Labute approximate surface area is 125 Å². The van der Waals surface area contributed by atoms with E-state index in [4.69, 9.17) is 5.11 Å². The van der Waals surface area contributed by atoms with Crippen LogP contribution in [0, 0.1) is 5.92 Å². The number of benzene rings is 2. The SMILES string of the molecule is O=C(O)C1CCC(NCc2cccc3ccccc23)CC1. The van der Waals surface area contributed by atoms with Crippen LogP contribution in [0.5, 0.6) is 0 Å². The van der Waals surface area contributed by atoms with Gasteiger partial charge in [-0.3, -0.25) is 4.79 Å². The molecule has 0 unspecified atom stereocenters. The van der Waals surface area contributed by atoms with E-state index >= 15 is 0 Å². The van der Waals surface area contributed by atoms with Crippen molar-refractivity contribution in [3.8, 4) is 0 Å². The Kier molecular flexibility index (Phi) is 4.20. The Morgan fingerprint density at radius 1 is 1.05 bits per heavy atom. The molecule has 2 N–H and O–H groups in total. The zero-order valence-electron chi connectivity index (χ0n) is 12.1. The number of carboxylic acid groups (broad SMARTS) is 1. The molecular weight excluding hydrogens is 262 g/mol. The Bertz CT molecular complexity index is 625. The van der Waals surface area contributed by atoms with Crippen molar-refractivity contribution in [2.45, 2.75) is 38.3 Å². The fourth-order valence-electron chi connectivity index (χ4n) is 3.25. The first-order chi connectivity index (χ1) is 10.2. The lowest BCUT2D eigenvalue weighted by Crippen LogP contribution is -2.34. The van der Waals surface area contributed by atoms with Gasteiger partial charge in [0.1, 0.15) is 0 Å². The van der Waals surface area contributed by atoms with Crippen LogP contribution in [-0.2, 0) is 11.3 Å². The molecule has 0 saturated heterocycles. The van der Waals surface area contributed by atoms with Gasteiger partial charge >= 0.3 is 5.97 Å². The van der Waals surface area contributed by atoms with Gasteiger partial charge in [0.25, 0.3) is 0 Å². The van der Waals surface area contributed by atoms with Gasteiger partial charge in [-0.1, -0.05) is 42.5 Å². The summed E-state index contributed by atoms with van der Waals surface area (Å²) in [6.07, 6.45) is 3.51. The van der Waals surface area contributed by atoms with Crippen molar-refractivity contribution < 1.29 is 9.90 Å². The van der Waals surface area contributed by atoms with Gasteiger partial charge in [-0.2, -0.15) is 0 Å². The van der Waals surface area contributed by atoms with Crippen LogP contribution in [0.25, 0.3) is 10.8 Å². The molecule has 0 aromatic heterocycles. The maximum Gasteiger partial charge on any atom is 0.306 e. The van der Waals surface area contributed by atoms with Crippen molar-refractivity contribution in [2.75, 3.05) is 0 Å². The molecule has 0 amide bonds. The maximum absolute atomic E-state index is 11.0. The fourth-order valence-corrected chi connectivity index (χ4v) is 3.25. The van der Waals surface area contributed by atoms with Gasteiger partial charge in [0.2, 0.25) is 0 Å². The van der Waals surface area contributed by atoms with Gasteiger partial charge in [0.15, 0.2) is 0 Å². The number of aliphatic carboxylic acids is 1. The van der Waals surface area contributed by atoms with Crippen LogP contribution in [-0.4, -0.2) is 17.1 Å². The van der Waals surface area contributed by atoms with Gasteiger partial charge in [-0.05, 0) is 42.0 Å². The first kappa shape index (κ1) is 14.1. The van der Waals surface area contributed by atoms with Gasteiger partial charge in [0, 0.05) is 12.6 Å². The number of hydrogen-bond acceptors (Lipinski definition) is 2. The van der Waals surface area contributed by atoms with Gasteiger partial charge in [0.05, 0.1) is 5.92 Å². The van der Waals surface area contributed by atoms with E-state index in [-0.39, 0.29) is 5.92 Å². The summed E-state index contributed by atoms with van der Waals surface area (Å²) < 4.78 is 0. The molecule has 0 atom stereocenters. The molecule has 0 radical (unpaired) electrons. The summed E-state index contributed by atoms with van der Waals surface area (Å²) in [5.41, 5.74) is 1.31. The Morgan fingerprint density at radius 2 is 1.76 bits per heavy atom. The smallest absolute Gasteiger partial charge is 0.306 e. The number of hydrogen-bond donors (Lipinski definition) is 2. The van der Waals surface area contributed by atoms with E-state index in [1.54, 1.807) is 0 Å². The molecular formula is C18H21NO2. The molecule has 3 rings (SSSR count). The van der Waals surface area contributed by atoms with Crippen LogP contribution in [0.2, 0.25) is 0 Å². The van der Waals surface area contributed by atoms with E-state index in [0.29, 0.717) is 6.04 Å². The molecule has 1 saturated carbocycles. The van der Waals surface area contributed by atoms with Crippen LogP contribution in [0.15, 0.2) is 42.5 Å². The quantitative estimate of drug-likeness (QED) is 0.901. The maximum atomic E-state index is 11.0. The minimum Gasteiger partial charge on any atom is -0.481 e. The second kappa shape index (κ2) is 6.27. The molecule has 0 bridgehead atoms. The highest BCUT2D eigenvalue weighted by molar-refractivity contribution is 5.85. The minimum atomic E-state index is -0.637. The minimum absolute atomic E-state index is 0.138. The highest BCUT2D eigenvalue weighted by atomic mass is 16.4. The molecule has 3 heteroatoms. The predicted molar refractivity (Wildman–Crippen MR) is 84.2 cm³/mol. The van der Waals surface area contributed by atoms with E-state index in [1.165, 1.54) is 16.3 Å². The van der Waals surface area contributed by atoms with Crippen LogP contribution < -0.4 is 5.32 Å². The van der Waals surface area contributed by atoms with Crippen LogP contribution in [0.1, 0.15) is 31.2 Å². The fraction of sp³-hybridized carbons (Fsp3) is 0.389. The Morgan fingerprint density at radius 3 is 2.52 bits per heavy atom. The number of nitrogens with one attached hydrogen (secondary N) is 1. The molecule has 3 nitrogen and oxygen atoms in total. The molecule has 0 aliphatic heterocycles. The standard InChI is InChI=1S/C18H21NO2/c20-18(21)14-8-10-16(11-9-14)19-12-15-6-3-5-13-4-1-2-7-17(13)15/h1-7,14,16,19H,8-12H2,(H,20,21). The lowest BCUT2D eigenvalue weighted by molar-refractivity contribution is -0.142.